The molecule has 2 aliphatic rings. The van der Waals surface area contributed by atoms with Crippen LogP contribution in [0.5, 0.6) is 0 Å². The van der Waals surface area contributed by atoms with Gasteiger partial charge in [0.15, 0.2) is 0 Å². The van der Waals surface area contributed by atoms with Crippen LogP contribution < -0.4 is 4.90 Å². The van der Waals surface area contributed by atoms with E-state index >= 15 is 0 Å². The Morgan fingerprint density at radius 2 is 1.43 bits per heavy atom. The Balaban J connectivity index is 1.07. The van der Waals surface area contributed by atoms with Gasteiger partial charge in [-0.05, 0) is 137 Å². The van der Waals surface area contributed by atoms with E-state index in [-0.39, 0.29) is 0 Å². The summed E-state index contributed by atoms with van der Waals surface area (Å²) in [5, 5.41) is 3.51. The van der Waals surface area contributed by atoms with Gasteiger partial charge >= 0.3 is 0 Å². The summed E-state index contributed by atoms with van der Waals surface area (Å²) in [5.74, 6) is 0.460. The molecule has 0 saturated carbocycles. The zero-order valence-corrected chi connectivity index (χ0v) is 32.1. The number of hydrogen-bond donors (Lipinski definition) is 0. The normalized spacial score (nSPS) is 16.5. The van der Waals surface area contributed by atoms with Crippen molar-refractivity contribution in [2.24, 2.45) is 0 Å². The van der Waals surface area contributed by atoms with Crippen molar-refractivity contribution >= 4 is 61.4 Å². The minimum atomic E-state index is 0.460. The Kier molecular flexibility index (Phi) is 7.97. The van der Waals surface area contributed by atoms with Crippen LogP contribution in [0.25, 0.3) is 78.1 Å². The first-order valence-electron chi connectivity index (χ1n) is 19.9. The maximum atomic E-state index is 6.25. The molecule has 4 heteroatoms. The van der Waals surface area contributed by atoms with Gasteiger partial charge in [-0.2, -0.15) is 0 Å². The number of allylic oxidation sites excluding steroid dienone is 5. The summed E-state index contributed by atoms with van der Waals surface area (Å²) < 4.78 is 8.68. The molecule has 0 fully saturated rings. The second kappa shape index (κ2) is 13.6. The van der Waals surface area contributed by atoms with Crippen LogP contribution in [0.15, 0.2) is 193 Å². The molecule has 276 valence electrons. The van der Waals surface area contributed by atoms with E-state index in [1.165, 1.54) is 22.2 Å². The first-order valence-corrected chi connectivity index (χ1v) is 19.9. The molecule has 9 aromatic rings. The van der Waals surface area contributed by atoms with Gasteiger partial charge in [0.05, 0.1) is 16.9 Å². The van der Waals surface area contributed by atoms with E-state index in [0.29, 0.717) is 5.92 Å². The van der Waals surface area contributed by atoms with Gasteiger partial charge in [-0.3, -0.25) is 4.98 Å². The summed E-state index contributed by atoms with van der Waals surface area (Å²) in [4.78, 5) is 6.91. The molecule has 58 heavy (non-hydrogen) atoms. The SMILES string of the molecule is C=C1/C=C(c2cccc(-n3c4c(c5ccccc53)C(C)CC=C4)c2)\C=C/N(c2ccc3oc4ccccc4c3c2)c2ccc(-c3cccc(-c4ccccn4)c3)cc21. The summed E-state index contributed by atoms with van der Waals surface area (Å²) >= 11 is 0. The molecule has 3 aromatic heterocycles. The zero-order chi connectivity index (χ0) is 38.7. The fourth-order valence-electron chi connectivity index (χ4n) is 8.96. The molecule has 1 aliphatic heterocycles. The van der Waals surface area contributed by atoms with E-state index < -0.39 is 0 Å². The van der Waals surface area contributed by atoms with Crippen LogP contribution in [0, 0.1) is 0 Å². The number of pyridine rings is 1. The second-order valence-corrected chi connectivity index (χ2v) is 15.4. The third-order valence-electron chi connectivity index (χ3n) is 11.8. The second-order valence-electron chi connectivity index (χ2n) is 15.4. The fourth-order valence-corrected chi connectivity index (χ4v) is 8.96. The molecule has 0 amide bonds. The van der Waals surface area contributed by atoms with Crippen molar-refractivity contribution in [1.29, 1.82) is 0 Å². The first kappa shape index (κ1) is 33.9. The van der Waals surface area contributed by atoms with Gasteiger partial charge in [0.2, 0.25) is 0 Å². The average Bonchev–Trinajstić information content (AvgIpc) is 3.82. The van der Waals surface area contributed by atoms with Crippen molar-refractivity contribution in [3.63, 3.8) is 0 Å². The number of benzene rings is 6. The highest BCUT2D eigenvalue weighted by atomic mass is 16.3. The monoisotopic (exact) mass is 745 g/mol. The number of rotatable bonds is 5. The number of hydrogen-bond acceptors (Lipinski definition) is 3. The van der Waals surface area contributed by atoms with Gasteiger partial charge in [-0.15, -0.1) is 0 Å². The van der Waals surface area contributed by atoms with Gasteiger partial charge in [0.25, 0.3) is 0 Å². The van der Waals surface area contributed by atoms with Gasteiger partial charge in [0.1, 0.15) is 11.2 Å². The van der Waals surface area contributed by atoms with Gasteiger partial charge in [-0.1, -0.05) is 98.4 Å². The lowest BCUT2D eigenvalue weighted by Crippen LogP contribution is -2.12. The number of para-hydroxylation sites is 2. The predicted molar refractivity (Wildman–Crippen MR) is 242 cm³/mol. The van der Waals surface area contributed by atoms with Gasteiger partial charge < -0.3 is 13.9 Å². The van der Waals surface area contributed by atoms with Crippen LogP contribution in [0.3, 0.4) is 0 Å². The molecule has 0 radical (unpaired) electrons. The number of anilines is 2. The highest BCUT2D eigenvalue weighted by molar-refractivity contribution is 6.06. The Hall–Kier alpha value is -7.43. The Labute approximate surface area is 337 Å². The van der Waals surface area contributed by atoms with Crippen LogP contribution in [0.1, 0.15) is 41.6 Å². The molecule has 11 rings (SSSR count). The summed E-state index contributed by atoms with van der Waals surface area (Å²) in [7, 11) is 0. The van der Waals surface area contributed by atoms with Crippen LogP contribution in [-0.2, 0) is 0 Å². The highest BCUT2D eigenvalue weighted by Gasteiger charge is 2.24. The first-order chi connectivity index (χ1) is 28.6. The summed E-state index contributed by atoms with van der Waals surface area (Å²) in [5.41, 5.74) is 17.4. The molecule has 1 aliphatic carbocycles. The number of fused-ring (bicyclic) bond motifs is 7. The maximum absolute atomic E-state index is 6.25. The van der Waals surface area contributed by atoms with Crippen molar-refractivity contribution in [1.82, 2.24) is 9.55 Å². The van der Waals surface area contributed by atoms with Crippen LogP contribution in [0.2, 0.25) is 0 Å². The molecule has 0 saturated heterocycles. The Bertz CT molecular complexity index is 3190. The van der Waals surface area contributed by atoms with Gasteiger partial charge in [-0.25, -0.2) is 0 Å². The van der Waals surface area contributed by atoms with Crippen LogP contribution in [-0.4, -0.2) is 9.55 Å². The topological polar surface area (TPSA) is 34.2 Å². The molecule has 0 spiro atoms. The number of furan rings is 1. The van der Waals surface area contributed by atoms with E-state index in [1.54, 1.807) is 0 Å². The molecule has 0 N–H and O–H groups in total. The molecule has 6 aromatic carbocycles. The summed E-state index contributed by atoms with van der Waals surface area (Å²) in [6, 6.07) is 53.8. The quantitative estimate of drug-likeness (QED) is 0.176. The van der Waals surface area contributed by atoms with E-state index in [1.807, 2.05) is 30.5 Å². The van der Waals surface area contributed by atoms with Crippen molar-refractivity contribution in [3.05, 3.63) is 211 Å². The van der Waals surface area contributed by atoms with E-state index in [2.05, 4.69) is 179 Å². The van der Waals surface area contributed by atoms with E-state index in [9.17, 15) is 0 Å². The van der Waals surface area contributed by atoms with E-state index in [0.717, 1.165) is 90.1 Å². The minimum absolute atomic E-state index is 0.460. The lowest BCUT2D eigenvalue weighted by molar-refractivity contribution is 0.669. The fraction of sp³-hybridized carbons (Fsp3) is 0.0556. The van der Waals surface area contributed by atoms with Crippen molar-refractivity contribution in [2.45, 2.75) is 19.3 Å². The largest absolute Gasteiger partial charge is 0.456 e. The van der Waals surface area contributed by atoms with Gasteiger partial charge in [0, 0.05) is 56.8 Å². The zero-order valence-electron chi connectivity index (χ0n) is 32.1. The van der Waals surface area contributed by atoms with E-state index in [4.69, 9.17) is 11.0 Å². The van der Waals surface area contributed by atoms with Crippen molar-refractivity contribution in [2.75, 3.05) is 4.90 Å². The minimum Gasteiger partial charge on any atom is -0.456 e. The maximum Gasteiger partial charge on any atom is 0.135 e. The van der Waals surface area contributed by atoms with Crippen LogP contribution in [0.4, 0.5) is 11.4 Å². The summed E-state index contributed by atoms with van der Waals surface area (Å²) in [6.07, 6.45) is 14.2. The number of aromatic nitrogens is 2. The lowest BCUT2D eigenvalue weighted by Gasteiger charge is -2.27. The summed E-state index contributed by atoms with van der Waals surface area (Å²) in [6.45, 7) is 7.08. The molecular weight excluding hydrogens is 707 g/mol. The average molecular weight is 746 g/mol. The number of nitrogens with zero attached hydrogens (tertiary/aromatic N) is 3. The van der Waals surface area contributed by atoms with Crippen LogP contribution >= 0.6 is 0 Å². The smallest absolute Gasteiger partial charge is 0.135 e. The molecular formula is C54H39N3O. The standard InChI is InChI=1S/C54H39N3O/c1-35-12-9-21-51-54(35)45-18-3-5-20-50(45)57(51)43-16-11-14-38(32-43)40-27-29-56(42-24-26-53-47(34-42)44-17-4-6-22-52(44)58-53)49-25-23-39(33-46(49)36(2)30-40)37-13-10-15-41(31-37)48-19-7-8-28-55-48/h3-11,13-35H,2,12H2,1H3/b29-27-,40-30+. The third kappa shape index (κ3) is 5.64. The predicted octanol–water partition coefficient (Wildman–Crippen LogP) is 14.5. The lowest BCUT2D eigenvalue weighted by atomic mass is 9.91. The Morgan fingerprint density at radius 1 is 0.638 bits per heavy atom. The molecule has 1 atom stereocenters. The molecule has 0 bridgehead atoms. The molecule has 4 heterocycles. The molecule has 4 nitrogen and oxygen atoms in total. The van der Waals surface area contributed by atoms with Crippen molar-refractivity contribution in [3.8, 4) is 28.1 Å². The Morgan fingerprint density at radius 3 is 2.34 bits per heavy atom. The molecule has 1 unspecified atom stereocenters. The highest BCUT2D eigenvalue weighted by Crippen LogP contribution is 2.43. The third-order valence-corrected chi connectivity index (χ3v) is 11.8. The van der Waals surface area contributed by atoms with Crippen molar-refractivity contribution < 1.29 is 4.42 Å².